The molecule has 18 heavy (non-hydrogen) atoms. The number of nitrogens with zero attached hydrogens (tertiary/aromatic N) is 2. The topological polar surface area (TPSA) is 62.3 Å². The predicted octanol–water partition coefficient (Wildman–Crippen LogP) is 0.707. The third-order valence-corrected chi connectivity index (χ3v) is 3.28. The van der Waals surface area contributed by atoms with Gasteiger partial charge in [-0.15, -0.1) is 0 Å². The zero-order valence-corrected chi connectivity index (χ0v) is 10.8. The molecule has 0 bridgehead atoms. The summed E-state index contributed by atoms with van der Waals surface area (Å²) in [5.41, 5.74) is 0.0835. The number of piperazine rings is 1. The molecular weight excluding hydrogens is 230 g/mol. The summed E-state index contributed by atoms with van der Waals surface area (Å²) in [6.45, 7) is 5.61. The molecule has 1 fully saturated rings. The highest BCUT2D eigenvalue weighted by atomic mass is 16.2. The van der Waals surface area contributed by atoms with E-state index in [-0.39, 0.29) is 11.8 Å². The molecule has 1 saturated heterocycles. The van der Waals surface area contributed by atoms with E-state index in [9.17, 15) is 9.59 Å². The van der Waals surface area contributed by atoms with E-state index in [1.54, 1.807) is 38.1 Å². The molecule has 1 aromatic rings. The van der Waals surface area contributed by atoms with Crippen LogP contribution in [0.3, 0.4) is 0 Å². The molecule has 1 N–H and O–H groups in total. The van der Waals surface area contributed by atoms with Gasteiger partial charge in [0.25, 0.3) is 0 Å². The molecule has 2 heterocycles. The molecule has 2 rings (SSSR count). The Labute approximate surface area is 106 Å². The minimum Gasteiger partial charge on any atom is -0.343 e. The average molecular weight is 247 g/mol. The Balaban J connectivity index is 2.28. The SMILES string of the molecule is CC1NC(=O)C(C)(C)N(Cc2cccnc2)C1=O. The van der Waals surface area contributed by atoms with Crippen molar-refractivity contribution in [1.82, 2.24) is 15.2 Å². The van der Waals surface area contributed by atoms with E-state index in [0.717, 1.165) is 5.56 Å². The second-order valence-electron chi connectivity index (χ2n) is 5.04. The third kappa shape index (κ3) is 2.08. The summed E-state index contributed by atoms with van der Waals surface area (Å²) in [5, 5.41) is 2.69. The van der Waals surface area contributed by atoms with Gasteiger partial charge < -0.3 is 10.2 Å². The first-order valence-corrected chi connectivity index (χ1v) is 5.94. The monoisotopic (exact) mass is 247 g/mol. The van der Waals surface area contributed by atoms with Crippen molar-refractivity contribution in [2.75, 3.05) is 0 Å². The van der Waals surface area contributed by atoms with Crippen LogP contribution < -0.4 is 5.32 Å². The highest BCUT2D eigenvalue weighted by molar-refractivity contribution is 5.99. The van der Waals surface area contributed by atoms with Crippen molar-refractivity contribution in [1.29, 1.82) is 0 Å². The quantitative estimate of drug-likeness (QED) is 0.837. The summed E-state index contributed by atoms with van der Waals surface area (Å²) in [7, 11) is 0. The van der Waals surface area contributed by atoms with E-state index in [4.69, 9.17) is 0 Å². The van der Waals surface area contributed by atoms with Crippen LogP contribution in [0.5, 0.6) is 0 Å². The van der Waals surface area contributed by atoms with Gasteiger partial charge in [-0.25, -0.2) is 0 Å². The molecule has 0 aliphatic carbocycles. The number of nitrogens with one attached hydrogen (secondary N) is 1. The fourth-order valence-electron chi connectivity index (χ4n) is 2.02. The minimum absolute atomic E-state index is 0.0662. The summed E-state index contributed by atoms with van der Waals surface area (Å²) in [6.07, 6.45) is 3.39. The van der Waals surface area contributed by atoms with E-state index < -0.39 is 11.6 Å². The number of hydrogen-bond donors (Lipinski definition) is 1. The van der Waals surface area contributed by atoms with E-state index in [1.807, 2.05) is 12.1 Å². The largest absolute Gasteiger partial charge is 0.343 e. The normalized spacial score (nSPS) is 22.8. The van der Waals surface area contributed by atoms with Crippen LogP contribution in [0.15, 0.2) is 24.5 Å². The van der Waals surface area contributed by atoms with Gasteiger partial charge in [0.1, 0.15) is 11.6 Å². The number of hydrogen-bond acceptors (Lipinski definition) is 3. The Morgan fingerprint density at radius 2 is 2.17 bits per heavy atom. The fourth-order valence-corrected chi connectivity index (χ4v) is 2.02. The highest BCUT2D eigenvalue weighted by Gasteiger charge is 2.44. The van der Waals surface area contributed by atoms with Gasteiger partial charge in [-0.05, 0) is 32.4 Å². The summed E-state index contributed by atoms with van der Waals surface area (Å²) < 4.78 is 0. The molecule has 0 aromatic carbocycles. The first-order chi connectivity index (χ1) is 8.43. The van der Waals surface area contributed by atoms with Gasteiger partial charge in [-0.2, -0.15) is 0 Å². The summed E-state index contributed by atoms with van der Waals surface area (Å²) >= 11 is 0. The maximum Gasteiger partial charge on any atom is 0.246 e. The van der Waals surface area contributed by atoms with Crippen molar-refractivity contribution >= 4 is 11.8 Å². The van der Waals surface area contributed by atoms with E-state index in [0.29, 0.717) is 6.54 Å². The Bertz CT molecular complexity index is 470. The van der Waals surface area contributed by atoms with Crippen molar-refractivity contribution < 1.29 is 9.59 Å². The van der Waals surface area contributed by atoms with Crippen molar-refractivity contribution in [3.63, 3.8) is 0 Å². The van der Waals surface area contributed by atoms with Gasteiger partial charge in [-0.1, -0.05) is 6.07 Å². The summed E-state index contributed by atoms with van der Waals surface area (Å²) in [5.74, 6) is -0.193. The van der Waals surface area contributed by atoms with Crippen molar-refractivity contribution in [2.45, 2.75) is 38.9 Å². The van der Waals surface area contributed by atoms with E-state index >= 15 is 0 Å². The lowest BCUT2D eigenvalue weighted by molar-refractivity contribution is -0.155. The van der Waals surface area contributed by atoms with Gasteiger partial charge >= 0.3 is 0 Å². The summed E-state index contributed by atoms with van der Waals surface area (Å²) in [6, 6.07) is 3.25. The number of carbonyl (C=O) groups excluding carboxylic acids is 2. The second kappa shape index (κ2) is 4.40. The van der Waals surface area contributed by atoms with Gasteiger partial charge in [0.05, 0.1) is 0 Å². The zero-order valence-electron chi connectivity index (χ0n) is 10.8. The van der Waals surface area contributed by atoms with Crippen LogP contribution in [0.4, 0.5) is 0 Å². The maximum absolute atomic E-state index is 12.2. The molecule has 1 atom stereocenters. The number of carbonyl (C=O) groups is 2. The van der Waals surface area contributed by atoms with Crippen LogP contribution in [0.25, 0.3) is 0 Å². The lowest BCUT2D eigenvalue weighted by atomic mass is 9.95. The first-order valence-electron chi connectivity index (χ1n) is 5.94. The zero-order chi connectivity index (χ0) is 13.3. The van der Waals surface area contributed by atoms with Crippen molar-refractivity contribution in [2.24, 2.45) is 0 Å². The van der Waals surface area contributed by atoms with Crippen LogP contribution in [-0.4, -0.2) is 33.3 Å². The molecule has 1 unspecified atom stereocenters. The maximum atomic E-state index is 12.2. The van der Waals surface area contributed by atoms with Crippen molar-refractivity contribution in [3.05, 3.63) is 30.1 Å². The van der Waals surface area contributed by atoms with Crippen LogP contribution in [0.2, 0.25) is 0 Å². The molecular formula is C13H17N3O2. The Morgan fingerprint density at radius 1 is 1.44 bits per heavy atom. The molecule has 1 aliphatic rings. The molecule has 5 heteroatoms. The molecule has 0 saturated carbocycles. The van der Waals surface area contributed by atoms with Gasteiger partial charge in [0, 0.05) is 18.9 Å². The molecule has 96 valence electrons. The Kier molecular flexibility index (Phi) is 3.07. The number of aromatic nitrogens is 1. The van der Waals surface area contributed by atoms with Crippen molar-refractivity contribution in [3.8, 4) is 0 Å². The average Bonchev–Trinajstić information content (AvgIpc) is 2.34. The number of rotatable bonds is 2. The summed E-state index contributed by atoms with van der Waals surface area (Å²) in [4.78, 5) is 29.8. The predicted molar refractivity (Wildman–Crippen MR) is 66.5 cm³/mol. The van der Waals surface area contributed by atoms with Crippen LogP contribution >= 0.6 is 0 Å². The first kappa shape index (κ1) is 12.5. The van der Waals surface area contributed by atoms with Gasteiger partial charge in [0.2, 0.25) is 11.8 Å². The van der Waals surface area contributed by atoms with Gasteiger partial charge in [0.15, 0.2) is 0 Å². The molecule has 2 amide bonds. The van der Waals surface area contributed by atoms with E-state index in [1.165, 1.54) is 0 Å². The molecule has 0 spiro atoms. The minimum atomic E-state index is -0.834. The fraction of sp³-hybridized carbons (Fsp3) is 0.462. The lowest BCUT2D eigenvalue weighted by Gasteiger charge is -2.43. The molecule has 5 nitrogen and oxygen atoms in total. The lowest BCUT2D eigenvalue weighted by Crippen LogP contribution is -2.67. The smallest absolute Gasteiger partial charge is 0.246 e. The van der Waals surface area contributed by atoms with Crippen LogP contribution in [0.1, 0.15) is 26.3 Å². The number of pyridine rings is 1. The van der Waals surface area contributed by atoms with Crippen LogP contribution in [0, 0.1) is 0 Å². The molecule has 1 aromatic heterocycles. The van der Waals surface area contributed by atoms with E-state index in [2.05, 4.69) is 10.3 Å². The number of amides is 2. The Morgan fingerprint density at radius 3 is 2.78 bits per heavy atom. The Hall–Kier alpha value is -1.91. The molecule has 1 aliphatic heterocycles. The highest BCUT2D eigenvalue weighted by Crippen LogP contribution is 2.23. The standard InChI is InChI=1S/C13H17N3O2/c1-9-11(17)16(13(2,3)12(18)15-9)8-10-5-4-6-14-7-10/h4-7,9H,8H2,1-3H3,(H,15,18). The van der Waals surface area contributed by atoms with Gasteiger partial charge in [-0.3, -0.25) is 14.6 Å². The second-order valence-corrected chi connectivity index (χ2v) is 5.04. The van der Waals surface area contributed by atoms with Crippen LogP contribution in [-0.2, 0) is 16.1 Å². The molecule has 0 radical (unpaired) electrons. The third-order valence-electron chi connectivity index (χ3n) is 3.28.